The van der Waals surface area contributed by atoms with Crippen LogP contribution in [0.5, 0.6) is 5.75 Å². The molecule has 0 unspecified atom stereocenters. The molecule has 1 nitrogen and oxygen atoms in total. The Hall–Kier alpha value is -0.980. The fourth-order valence-corrected chi connectivity index (χ4v) is 0.928. The zero-order valence-electron chi connectivity index (χ0n) is 8.66. The summed E-state index contributed by atoms with van der Waals surface area (Å²) in [6, 6.07) is 8.71. The normalized spacial score (nSPS) is 8.77. The van der Waals surface area contributed by atoms with Gasteiger partial charge in [-0.1, -0.05) is 57.7 Å². The monoisotopic (exact) mass is 180 g/mol. The van der Waals surface area contributed by atoms with Crippen molar-refractivity contribution < 1.29 is 5.11 Å². The van der Waals surface area contributed by atoms with Crippen LogP contribution in [0.1, 0.15) is 39.5 Å². The first-order valence-electron chi connectivity index (χ1n) is 5.05. The molecule has 0 radical (unpaired) electrons. The summed E-state index contributed by atoms with van der Waals surface area (Å²) in [5, 5.41) is 8.63. The first-order chi connectivity index (χ1) is 6.31. The van der Waals surface area contributed by atoms with E-state index in [1.54, 1.807) is 24.3 Å². The van der Waals surface area contributed by atoms with Crippen LogP contribution in [-0.4, -0.2) is 5.11 Å². The second-order valence-corrected chi connectivity index (χ2v) is 3.04. The molecule has 0 saturated carbocycles. The highest BCUT2D eigenvalue weighted by Gasteiger charge is 1.75. The van der Waals surface area contributed by atoms with Gasteiger partial charge in [-0.25, -0.2) is 0 Å². The maximum Gasteiger partial charge on any atom is 0.115 e. The molecular weight excluding hydrogens is 160 g/mol. The Morgan fingerprint density at radius 1 is 0.923 bits per heavy atom. The van der Waals surface area contributed by atoms with E-state index in [0.717, 1.165) is 0 Å². The summed E-state index contributed by atoms with van der Waals surface area (Å²) in [5.41, 5.74) is 0. The third-order valence-electron chi connectivity index (χ3n) is 1.71. The predicted octanol–water partition coefficient (Wildman–Crippen LogP) is 3.98. The van der Waals surface area contributed by atoms with E-state index < -0.39 is 0 Å². The van der Waals surface area contributed by atoms with E-state index >= 15 is 0 Å². The zero-order valence-corrected chi connectivity index (χ0v) is 8.66. The Bertz CT molecular complexity index is 178. The Morgan fingerprint density at radius 2 is 1.38 bits per heavy atom. The number of aromatic hydroxyl groups is 1. The van der Waals surface area contributed by atoms with Gasteiger partial charge in [0.1, 0.15) is 5.75 Å². The molecule has 0 aromatic heterocycles. The maximum atomic E-state index is 8.63. The van der Waals surface area contributed by atoms with Gasteiger partial charge in [0.05, 0.1) is 0 Å². The van der Waals surface area contributed by atoms with Gasteiger partial charge in [0.25, 0.3) is 0 Å². The zero-order chi connectivity index (χ0) is 9.94. The largest absolute Gasteiger partial charge is 0.508 e. The fourth-order valence-electron chi connectivity index (χ4n) is 0.928. The van der Waals surface area contributed by atoms with Gasteiger partial charge in [0, 0.05) is 0 Å². The Balaban J connectivity index is 0.000000226. The number of phenolic OH excluding ortho intramolecular Hbond substituents is 1. The Morgan fingerprint density at radius 3 is 1.62 bits per heavy atom. The smallest absolute Gasteiger partial charge is 0.115 e. The molecule has 0 atom stereocenters. The molecular formula is C12H20O. The number of hydrogen-bond donors (Lipinski definition) is 1. The van der Waals surface area contributed by atoms with Crippen molar-refractivity contribution in [3.05, 3.63) is 30.3 Å². The molecule has 0 spiro atoms. The number of hydrogen-bond acceptors (Lipinski definition) is 1. The molecule has 1 heteroatoms. The summed E-state index contributed by atoms with van der Waals surface area (Å²) in [6.07, 6.45) is 5.54. The SMILES string of the molecule is CCCCCC.Oc1ccccc1. The first kappa shape index (κ1) is 12.0. The molecule has 1 aromatic rings. The number of phenols is 1. The summed E-state index contributed by atoms with van der Waals surface area (Å²) < 4.78 is 0. The van der Waals surface area contributed by atoms with Crippen molar-refractivity contribution in [1.82, 2.24) is 0 Å². The molecule has 0 aliphatic carbocycles. The maximum absolute atomic E-state index is 8.63. The molecule has 0 saturated heterocycles. The van der Waals surface area contributed by atoms with E-state index in [9.17, 15) is 0 Å². The highest BCUT2D eigenvalue weighted by atomic mass is 16.3. The second-order valence-electron chi connectivity index (χ2n) is 3.04. The predicted molar refractivity (Wildman–Crippen MR) is 57.9 cm³/mol. The minimum absolute atomic E-state index is 0.322. The third kappa shape index (κ3) is 8.93. The van der Waals surface area contributed by atoms with Gasteiger partial charge in [0.2, 0.25) is 0 Å². The molecule has 1 rings (SSSR count). The van der Waals surface area contributed by atoms with Crippen LogP contribution in [0.25, 0.3) is 0 Å². The van der Waals surface area contributed by atoms with Crippen LogP contribution >= 0.6 is 0 Å². The standard InChI is InChI=1S/C6H6O.C6H14/c7-6-4-2-1-3-5-6;1-3-5-6-4-2/h1-5,7H;3-6H2,1-2H3. The van der Waals surface area contributed by atoms with Crippen molar-refractivity contribution in [2.24, 2.45) is 0 Å². The van der Waals surface area contributed by atoms with Crippen molar-refractivity contribution >= 4 is 0 Å². The van der Waals surface area contributed by atoms with E-state index in [0.29, 0.717) is 5.75 Å². The van der Waals surface area contributed by atoms with Crippen LogP contribution in [-0.2, 0) is 0 Å². The number of para-hydroxylation sites is 1. The first-order valence-corrected chi connectivity index (χ1v) is 5.05. The molecule has 0 fully saturated rings. The number of rotatable bonds is 3. The van der Waals surface area contributed by atoms with Gasteiger partial charge in [-0.2, -0.15) is 0 Å². The van der Waals surface area contributed by atoms with Crippen molar-refractivity contribution in [2.75, 3.05) is 0 Å². The van der Waals surface area contributed by atoms with E-state index in [2.05, 4.69) is 13.8 Å². The van der Waals surface area contributed by atoms with Gasteiger partial charge < -0.3 is 5.11 Å². The van der Waals surface area contributed by atoms with Crippen LogP contribution in [0.3, 0.4) is 0 Å². The number of benzene rings is 1. The second kappa shape index (κ2) is 9.11. The lowest BCUT2D eigenvalue weighted by molar-refractivity contribution is 0.475. The van der Waals surface area contributed by atoms with Crippen molar-refractivity contribution in [3.8, 4) is 5.75 Å². The Labute approximate surface area is 81.4 Å². The molecule has 0 heterocycles. The van der Waals surface area contributed by atoms with Crippen LogP contribution in [0.15, 0.2) is 30.3 Å². The van der Waals surface area contributed by atoms with Crippen molar-refractivity contribution in [3.63, 3.8) is 0 Å². The van der Waals surface area contributed by atoms with Gasteiger partial charge in [-0.3, -0.25) is 0 Å². The fraction of sp³-hybridized carbons (Fsp3) is 0.500. The lowest BCUT2D eigenvalue weighted by atomic mass is 10.2. The van der Waals surface area contributed by atoms with Crippen molar-refractivity contribution in [1.29, 1.82) is 0 Å². The minimum atomic E-state index is 0.322. The van der Waals surface area contributed by atoms with E-state index in [1.807, 2.05) is 6.07 Å². The molecule has 1 N–H and O–H groups in total. The lowest BCUT2D eigenvalue weighted by Crippen LogP contribution is -1.66. The van der Waals surface area contributed by atoms with Gasteiger partial charge >= 0.3 is 0 Å². The summed E-state index contributed by atoms with van der Waals surface area (Å²) in [5.74, 6) is 0.322. The summed E-state index contributed by atoms with van der Waals surface area (Å²) >= 11 is 0. The number of unbranched alkanes of at least 4 members (excludes halogenated alkanes) is 3. The van der Waals surface area contributed by atoms with Gasteiger partial charge in [-0.05, 0) is 12.1 Å². The molecule has 1 aromatic carbocycles. The van der Waals surface area contributed by atoms with Crippen molar-refractivity contribution in [2.45, 2.75) is 39.5 Å². The molecule has 74 valence electrons. The third-order valence-corrected chi connectivity index (χ3v) is 1.71. The van der Waals surface area contributed by atoms with E-state index in [4.69, 9.17) is 5.11 Å². The van der Waals surface area contributed by atoms with Crippen LogP contribution in [0.4, 0.5) is 0 Å². The van der Waals surface area contributed by atoms with Gasteiger partial charge in [-0.15, -0.1) is 0 Å². The molecule has 13 heavy (non-hydrogen) atoms. The average Bonchev–Trinajstić information content (AvgIpc) is 2.17. The summed E-state index contributed by atoms with van der Waals surface area (Å²) in [4.78, 5) is 0. The van der Waals surface area contributed by atoms with Crippen LogP contribution < -0.4 is 0 Å². The molecule has 0 bridgehead atoms. The van der Waals surface area contributed by atoms with Crippen LogP contribution in [0, 0.1) is 0 Å². The molecule has 0 aliphatic heterocycles. The van der Waals surface area contributed by atoms with Crippen LogP contribution in [0.2, 0.25) is 0 Å². The summed E-state index contributed by atoms with van der Waals surface area (Å²) in [6.45, 7) is 4.46. The highest BCUT2D eigenvalue weighted by molar-refractivity contribution is 5.18. The molecule has 0 amide bonds. The van der Waals surface area contributed by atoms with E-state index in [-0.39, 0.29) is 0 Å². The topological polar surface area (TPSA) is 20.2 Å². The Kier molecular flexibility index (Phi) is 8.42. The quantitative estimate of drug-likeness (QED) is 0.697. The average molecular weight is 180 g/mol. The lowest BCUT2D eigenvalue weighted by Gasteiger charge is -1.86. The minimum Gasteiger partial charge on any atom is -0.508 e. The molecule has 0 aliphatic rings. The highest BCUT2D eigenvalue weighted by Crippen LogP contribution is 2.02. The van der Waals surface area contributed by atoms with E-state index in [1.165, 1.54) is 25.7 Å². The van der Waals surface area contributed by atoms with Gasteiger partial charge in [0.15, 0.2) is 0 Å². The summed E-state index contributed by atoms with van der Waals surface area (Å²) in [7, 11) is 0.